The van der Waals surface area contributed by atoms with Crippen LogP contribution < -0.4 is 0 Å². The van der Waals surface area contributed by atoms with Gasteiger partial charge in [-0.1, -0.05) is 29.8 Å². The minimum absolute atomic E-state index is 0.287. The Labute approximate surface area is 186 Å². The molecular formula is C25H24ClN3O2. The summed E-state index contributed by atoms with van der Waals surface area (Å²) in [6.07, 6.45) is 5.63. The molecule has 0 saturated carbocycles. The number of carboxylic acid groups (broad SMARTS) is 1. The Morgan fingerprint density at radius 2 is 1.81 bits per heavy atom. The smallest absolute Gasteiger partial charge is 0.336 e. The third kappa shape index (κ3) is 4.20. The van der Waals surface area contributed by atoms with Gasteiger partial charge in [0.2, 0.25) is 0 Å². The van der Waals surface area contributed by atoms with E-state index in [1.54, 1.807) is 24.5 Å². The van der Waals surface area contributed by atoms with E-state index >= 15 is 0 Å². The summed E-state index contributed by atoms with van der Waals surface area (Å²) in [6, 6.07) is 15.4. The number of hydrogen-bond acceptors (Lipinski definition) is 3. The first kappa shape index (κ1) is 21.1. The summed E-state index contributed by atoms with van der Waals surface area (Å²) in [4.78, 5) is 18.6. The number of likely N-dealkylation sites (N-methyl/N-ethyl adjacent to an activating group) is 1. The molecule has 0 fully saturated rings. The van der Waals surface area contributed by atoms with Gasteiger partial charge in [0.05, 0.1) is 5.56 Å². The second-order valence-corrected chi connectivity index (χ2v) is 8.42. The van der Waals surface area contributed by atoms with Gasteiger partial charge in [-0.2, -0.15) is 0 Å². The highest BCUT2D eigenvalue weighted by atomic mass is 35.5. The van der Waals surface area contributed by atoms with E-state index in [1.165, 1.54) is 0 Å². The minimum Gasteiger partial charge on any atom is -0.478 e. The van der Waals surface area contributed by atoms with E-state index in [1.807, 2.05) is 56.7 Å². The molecular weight excluding hydrogens is 410 g/mol. The van der Waals surface area contributed by atoms with Crippen LogP contribution in [-0.2, 0) is 6.54 Å². The van der Waals surface area contributed by atoms with E-state index in [9.17, 15) is 9.90 Å². The van der Waals surface area contributed by atoms with Gasteiger partial charge >= 0.3 is 5.97 Å². The fourth-order valence-corrected chi connectivity index (χ4v) is 3.86. The number of aromatic nitrogens is 2. The van der Waals surface area contributed by atoms with Crippen molar-refractivity contribution in [3.8, 4) is 22.3 Å². The highest BCUT2D eigenvalue weighted by molar-refractivity contribution is 6.30. The number of benzene rings is 2. The lowest BCUT2D eigenvalue weighted by Gasteiger charge is -2.20. The molecule has 0 amide bonds. The third-order valence-corrected chi connectivity index (χ3v) is 5.96. The number of pyridine rings is 1. The first-order valence-electron chi connectivity index (χ1n) is 10.1. The topological polar surface area (TPSA) is 58.4 Å². The average Bonchev–Trinajstić information content (AvgIpc) is 3.12. The zero-order valence-corrected chi connectivity index (χ0v) is 18.5. The normalized spacial score (nSPS) is 12.4. The summed E-state index contributed by atoms with van der Waals surface area (Å²) in [5.41, 5.74) is 4.89. The molecule has 2 heterocycles. The molecule has 1 unspecified atom stereocenters. The van der Waals surface area contributed by atoms with Crippen molar-refractivity contribution in [3.05, 3.63) is 77.7 Å². The van der Waals surface area contributed by atoms with Crippen LogP contribution in [0.1, 0.15) is 17.3 Å². The first-order chi connectivity index (χ1) is 14.8. The number of carbonyl (C=O) groups is 1. The number of rotatable bonds is 6. The largest absolute Gasteiger partial charge is 0.478 e. The van der Waals surface area contributed by atoms with Crippen LogP contribution in [0.2, 0.25) is 5.02 Å². The summed E-state index contributed by atoms with van der Waals surface area (Å²) in [6.45, 7) is 2.89. The van der Waals surface area contributed by atoms with Crippen molar-refractivity contribution in [1.29, 1.82) is 0 Å². The molecule has 4 aromatic rings. The fourth-order valence-electron chi connectivity index (χ4n) is 3.74. The quantitative estimate of drug-likeness (QED) is 0.425. The molecule has 0 radical (unpaired) electrons. The zero-order valence-electron chi connectivity index (χ0n) is 17.7. The SMILES string of the molecule is CC(Cn1cc(-c2cncc(-c3ccc(Cl)cc3)c2)c2c(C(=O)O)cccc21)N(C)C. The van der Waals surface area contributed by atoms with Gasteiger partial charge in [0.1, 0.15) is 0 Å². The summed E-state index contributed by atoms with van der Waals surface area (Å²) in [7, 11) is 4.08. The predicted octanol–water partition coefficient (Wildman–Crippen LogP) is 5.67. The maximum atomic E-state index is 12.0. The van der Waals surface area contributed by atoms with Crippen molar-refractivity contribution >= 4 is 28.5 Å². The van der Waals surface area contributed by atoms with Gasteiger partial charge < -0.3 is 14.6 Å². The van der Waals surface area contributed by atoms with E-state index in [4.69, 9.17) is 11.6 Å². The van der Waals surface area contributed by atoms with Gasteiger partial charge in [-0.25, -0.2) is 4.79 Å². The predicted molar refractivity (Wildman–Crippen MR) is 126 cm³/mol. The second-order valence-electron chi connectivity index (χ2n) is 7.98. The molecule has 1 atom stereocenters. The number of hydrogen-bond donors (Lipinski definition) is 1. The molecule has 2 aromatic carbocycles. The lowest BCUT2D eigenvalue weighted by Crippen LogP contribution is -2.28. The second kappa shape index (κ2) is 8.53. The van der Waals surface area contributed by atoms with Gasteiger partial charge in [-0.15, -0.1) is 0 Å². The molecule has 1 N–H and O–H groups in total. The van der Waals surface area contributed by atoms with Crippen LogP contribution in [0, 0.1) is 0 Å². The highest BCUT2D eigenvalue weighted by Crippen LogP contribution is 2.35. The summed E-state index contributed by atoms with van der Waals surface area (Å²) < 4.78 is 2.14. The van der Waals surface area contributed by atoms with Crippen molar-refractivity contribution in [2.45, 2.75) is 19.5 Å². The highest BCUT2D eigenvalue weighted by Gasteiger charge is 2.19. The fraction of sp³-hybridized carbons (Fsp3) is 0.200. The maximum absolute atomic E-state index is 12.0. The lowest BCUT2D eigenvalue weighted by molar-refractivity contribution is 0.0699. The number of carboxylic acids is 1. The average molecular weight is 434 g/mol. The van der Waals surface area contributed by atoms with Crippen LogP contribution in [0.4, 0.5) is 0 Å². The van der Waals surface area contributed by atoms with Crippen LogP contribution in [0.3, 0.4) is 0 Å². The molecule has 0 aliphatic rings. The molecule has 0 bridgehead atoms. The van der Waals surface area contributed by atoms with E-state index in [-0.39, 0.29) is 6.04 Å². The standard InChI is InChI=1S/C25H24ClN3O2/c1-16(28(2)3)14-29-15-22(24-21(25(30)31)5-4-6-23(24)29)19-11-18(12-27-13-19)17-7-9-20(26)10-8-17/h4-13,15-16H,14H2,1-3H3,(H,30,31). The molecule has 0 aliphatic heterocycles. The van der Waals surface area contributed by atoms with Crippen molar-refractivity contribution in [2.24, 2.45) is 0 Å². The Hall–Kier alpha value is -3.15. The molecule has 0 aliphatic carbocycles. The van der Waals surface area contributed by atoms with Crippen molar-refractivity contribution in [2.75, 3.05) is 14.1 Å². The van der Waals surface area contributed by atoms with Crippen molar-refractivity contribution < 1.29 is 9.90 Å². The van der Waals surface area contributed by atoms with Gasteiger partial charge in [0.25, 0.3) is 0 Å². The van der Waals surface area contributed by atoms with Crippen LogP contribution in [-0.4, -0.2) is 45.7 Å². The first-order valence-corrected chi connectivity index (χ1v) is 10.5. The van der Waals surface area contributed by atoms with Gasteiger partial charge in [0.15, 0.2) is 0 Å². The Kier molecular flexibility index (Phi) is 5.81. The van der Waals surface area contributed by atoms with E-state index in [0.29, 0.717) is 10.6 Å². The third-order valence-electron chi connectivity index (χ3n) is 5.71. The summed E-state index contributed by atoms with van der Waals surface area (Å²) >= 11 is 6.03. The molecule has 158 valence electrons. The Bertz CT molecular complexity index is 1250. The summed E-state index contributed by atoms with van der Waals surface area (Å²) in [5, 5.41) is 11.3. The van der Waals surface area contributed by atoms with Crippen LogP contribution in [0.5, 0.6) is 0 Å². The Morgan fingerprint density at radius 1 is 1.10 bits per heavy atom. The monoisotopic (exact) mass is 433 g/mol. The van der Waals surface area contributed by atoms with Crippen LogP contribution >= 0.6 is 11.6 Å². The maximum Gasteiger partial charge on any atom is 0.336 e. The summed E-state index contributed by atoms with van der Waals surface area (Å²) in [5.74, 6) is -0.938. The number of halogens is 1. The van der Waals surface area contributed by atoms with Crippen LogP contribution in [0.25, 0.3) is 33.2 Å². The number of aromatic carboxylic acids is 1. The van der Waals surface area contributed by atoms with Crippen molar-refractivity contribution in [3.63, 3.8) is 0 Å². The van der Waals surface area contributed by atoms with Crippen molar-refractivity contribution in [1.82, 2.24) is 14.5 Å². The molecule has 0 spiro atoms. The lowest BCUT2D eigenvalue weighted by atomic mass is 9.99. The zero-order chi connectivity index (χ0) is 22.1. The molecule has 5 nitrogen and oxygen atoms in total. The van der Waals surface area contributed by atoms with Gasteiger partial charge in [0, 0.05) is 63.8 Å². The van der Waals surface area contributed by atoms with E-state index < -0.39 is 5.97 Å². The van der Waals surface area contributed by atoms with Gasteiger partial charge in [-0.3, -0.25) is 4.98 Å². The Balaban J connectivity index is 1.90. The Morgan fingerprint density at radius 3 is 2.48 bits per heavy atom. The molecule has 0 saturated heterocycles. The minimum atomic E-state index is -0.938. The molecule has 31 heavy (non-hydrogen) atoms. The van der Waals surface area contributed by atoms with Crippen LogP contribution in [0.15, 0.2) is 67.1 Å². The number of nitrogens with zero attached hydrogens (tertiary/aromatic N) is 3. The molecule has 2 aromatic heterocycles. The van der Waals surface area contributed by atoms with E-state index in [0.717, 1.165) is 39.7 Å². The van der Waals surface area contributed by atoms with E-state index in [2.05, 4.69) is 21.4 Å². The molecule has 4 rings (SSSR count). The molecule has 6 heteroatoms. The number of fused-ring (bicyclic) bond motifs is 1. The van der Waals surface area contributed by atoms with Gasteiger partial charge in [-0.05, 0) is 56.9 Å².